The van der Waals surface area contributed by atoms with Crippen molar-refractivity contribution >= 4 is 17.3 Å². The van der Waals surface area contributed by atoms with Crippen LogP contribution in [0.3, 0.4) is 0 Å². The minimum atomic E-state index is -0.813. The molecule has 0 saturated heterocycles. The first-order valence-corrected chi connectivity index (χ1v) is 9.32. The van der Waals surface area contributed by atoms with Crippen LogP contribution in [0, 0.1) is 0 Å². The number of phenolic OH excluding ortho intramolecular Hbond substituents is 1. The number of phenols is 1. The number of hydrogen-bond donors (Lipinski definition) is 2. The third-order valence-electron chi connectivity index (χ3n) is 4.13. The van der Waals surface area contributed by atoms with Crippen molar-refractivity contribution in [3.05, 3.63) is 33.6 Å². The largest absolute Gasteiger partial charge is 0.507 e. The summed E-state index contributed by atoms with van der Waals surface area (Å²) in [5.74, 6) is -0.462. The molecule has 25 heavy (non-hydrogen) atoms. The third-order valence-corrected chi connectivity index (χ3v) is 5.03. The van der Waals surface area contributed by atoms with Gasteiger partial charge in [-0.05, 0) is 23.0 Å². The second kappa shape index (κ2) is 6.79. The molecule has 2 rings (SSSR count). The van der Waals surface area contributed by atoms with E-state index in [-0.39, 0.29) is 17.3 Å². The Kier molecular flexibility index (Phi) is 5.28. The number of hydrogen-bond acceptors (Lipinski definition) is 4. The van der Waals surface area contributed by atoms with Crippen molar-refractivity contribution < 1.29 is 15.0 Å². The standard InChI is InChI=1S/C20H27NO3S/c1-19(2,3)13-9-12(10-14(18(13)24)20(4,5)6)15-11-25-16(21-15)7-8-17(22)23/h9-11,24H,7-8H2,1-6H3,(H,22,23). The van der Waals surface area contributed by atoms with E-state index in [1.807, 2.05) is 17.5 Å². The number of benzene rings is 1. The van der Waals surface area contributed by atoms with Crippen molar-refractivity contribution in [1.29, 1.82) is 0 Å². The number of rotatable bonds is 4. The van der Waals surface area contributed by atoms with Crippen molar-refractivity contribution in [2.45, 2.75) is 65.2 Å². The van der Waals surface area contributed by atoms with E-state index in [9.17, 15) is 9.90 Å². The zero-order valence-corrected chi connectivity index (χ0v) is 16.6. The van der Waals surface area contributed by atoms with Gasteiger partial charge in [-0.25, -0.2) is 4.98 Å². The number of carboxylic acid groups (broad SMARTS) is 1. The van der Waals surface area contributed by atoms with Gasteiger partial charge in [-0.15, -0.1) is 11.3 Å². The zero-order chi connectivity index (χ0) is 19.0. The van der Waals surface area contributed by atoms with E-state index in [1.165, 1.54) is 11.3 Å². The Hall–Kier alpha value is -1.88. The average Bonchev–Trinajstić information content (AvgIpc) is 2.91. The monoisotopic (exact) mass is 361 g/mol. The Morgan fingerprint density at radius 3 is 2.04 bits per heavy atom. The van der Waals surface area contributed by atoms with Gasteiger partial charge in [0.25, 0.3) is 0 Å². The fourth-order valence-corrected chi connectivity index (χ4v) is 3.51. The van der Waals surface area contributed by atoms with Crippen LogP contribution in [0.5, 0.6) is 5.75 Å². The Morgan fingerprint density at radius 2 is 1.60 bits per heavy atom. The molecule has 0 aliphatic heterocycles. The first-order valence-electron chi connectivity index (χ1n) is 8.44. The highest BCUT2D eigenvalue weighted by Gasteiger charge is 2.27. The van der Waals surface area contributed by atoms with Crippen LogP contribution in [-0.4, -0.2) is 21.2 Å². The molecule has 4 nitrogen and oxygen atoms in total. The summed E-state index contributed by atoms with van der Waals surface area (Å²) in [6, 6.07) is 4.00. The van der Waals surface area contributed by atoms with Crippen LogP contribution in [0.25, 0.3) is 11.3 Å². The maximum Gasteiger partial charge on any atom is 0.303 e. The maximum absolute atomic E-state index is 10.8. The Labute approximate surface area is 153 Å². The SMILES string of the molecule is CC(C)(C)c1cc(-c2csc(CCC(=O)O)n2)cc(C(C)(C)C)c1O. The number of carbonyl (C=O) groups is 1. The summed E-state index contributed by atoms with van der Waals surface area (Å²) in [7, 11) is 0. The molecule has 0 aliphatic carbocycles. The van der Waals surface area contributed by atoms with Crippen LogP contribution >= 0.6 is 11.3 Å². The van der Waals surface area contributed by atoms with E-state index in [2.05, 4.69) is 46.5 Å². The van der Waals surface area contributed by atoms with E-state index < -0.39 is 5.97 Å². The first kappa shape index (κ1) is 19.4. The summed E-state index contributed by atoms with van der Waals surface area (Å²) in [6.45, 7) is 12.5. The molecular formula is C20H27NO3S. The highest BCUT2D eigenvalue weighted by molar-refractivity contribution is 7.09. The Bertz CT molecular complexity index is 744. The van der Waals surface area contributed by atoms with Gasteiger partial charge < -0.3 is 10.2 Å². The molecule has 0 spiro atoms. The number of aryl methyl sites for hydroxylation is 1. The predicted octanol–water partition coefficient (Wildman–Crippen LogP) is 5.13. The van der Waals surface area contributed by atoms with Crippen LogP contribution in [0.4, 0.5) is 0 Å². The van der Waals surface area contributed by atoms with Crippen molar-refractivity contribution in [2.24, 2.45) is 0 Å². The van der Waals surface area contributed by atoms with Crippen molar-refractivity contribution in [3.8, 4) is 17.0 Å². The fourth-order valence-electron chi connectivity index (χ4n) is 2.70. The molecule has 5 heteroatoms. The van der Waals surface area contributed by atoms with Gasteiger partial charge in [0.1, 0.15) is 5.75 Å². The molecule has 1 aromatic heterocycles. The third kappa shape index (κ3) is 4.60. The topological polar surface area (TPSA) is 70.4 Å². The van der Waals surface area contributed by atoms with E-state index in [0.29, 0.717) is 12.2 Å². The summed E-state index contributed by atoms with van der Waals surface area (Å²) >= 11 is 1.48. The second-order valence-corrected chi connectivity index (χ2v) is 9.38. The summed E-state index contributed by atoms with van der Waals surface area (Å²) < 4.78 is 0. The molecular weight excluding hydrogens is 334 g/mol. The fraction of sp³-hybridized carbons (Fsp3) is 0.500. The van der Waals surface area contributed by atoms with Gasteiger partial charge in [-0.3, -0.25) is 4.79 Å². The molecule has 0 fully saturated rings. The highest BCUT2D eigenvalue weighted by Crippen LogP contribution is 2.42. The molecule has 0 amide bonds. The smallest absolute Gasteiger partial charge is 0.303 e. The number of aromatic hydroxyl groups is 1. The lowest BCUT2D eigenvalue weighted by atomic mass is 9.78. The lowest BCUT2D eigenvalue weighted by molar-refractivity contribution is -0.136. The van der Waals surface area contributed by atoms with Crippen LogP contribution in [0.1, 0.15) is 64.1 Å². The molecule has 2 N–H and O–H groups in total. The number of aliphatic carboxylic acids is 1. The van der Waals surface area contributed by atoms with Gasteiger partial charge in [0.05, 0.1) is 17.1 Å². The van der Waals surface area contributed by atoms with Crippen LogP contribution in [-0.2, 0) is 22.0 Å². The summed E-state index contributed by atoms with van der Waals surface area (Å²) in [5, 5.41) is 22.4. The van der Waals surface area contributed by atoms with Crippen molar-refractivity contribution in [3.63, 3.8) is 0 Å². The molecule has 1 heterocycles. The zero-order valence-electron chi connectivity index (χ0n) is 15.8. The maximum atomic E-state index is 10.8. The van der Waals surface area contributed by atoms with Crippen LogP contribution < -0.4 is 0 Å². The average molecular weight is 362 g/mol. The molecule has 0 unspecified atom stereocenters. The van der Waals surface area contributed by atoms with Crippen molar-refractivity contribution in [1.82, 2.24) is 4.98 Å². The summed E-state index contributed by atoms with van der Waals surface area (Å²) in [4.78, 5) is 15.3. The predicted molar refractivity (Wildman–Crippen MR) is 103 cm³/mol. The molecule has 0 saturated carbocycles. The van der Waals surface area contributed by atoms with Crippen LogP contribution in [0.2, 0.25) is 0 Å². The van der Waals surface area contributed by atoms with Gasteiger partial charge in [0, 0.05) is 28.5 Å². The Morgan fingerprint density at radius 1 is 1.08 bits per heavy atom. The molecule has 2 aromatic rings. The minimum absolute atomic E-state index is 0.0863. The molecule has 136 valence electrons. The number of carboxylic acids is 1. The van der Waals surface area contributed by atoms with Gasteiger partial charge in [-0.2, -0.15) is 0 Å². The molecule has 0 radical (unpaired) electrons. The second-order valence-electron chi connectivity index (χ2n) is 8.44. The minimum Gasteiger partial charge on any atom is -0.507 e. The first-order chi connectivity index (χ1) is 11.4. The van der Waals surface area contributed by atoms with Crippen LogP contribution in [0.15, 0.2) is 17.5 Å². The Balaban J connectivity index is 2.53. The normalized spacial score (nSPS) is 12.4. The number of nitrogens with zero attached hydrogens (tertiary/aromatic N) is 1. The summed E-state index contributed by atoms with van der Waals surface area (Å²) in [6.07, 6.45) is 0.527. The van der Waals surface area contributed by atoms with E-state index in [0.717, 1.165) is 27.4 Å². The molecule has 0 atom stereocenters. The van der Waals surface area contributed by atoms with Gasteiger partial charge in [0.15, 0.2) is 0 Å². The lowest BCUT2D eigenvalue weighted by Crippen LogP contribution is -2.17. The molecule has 0 aliphatic rings. The van der Waals surface area contributed by atoms with Crippen molar-refractivity contribution in [2.75, 3.05) is 0 Å². The lowest BCUT2D eigenvalue weighted by Gasteiger charge is -2.28. The number of aromatic nitrogens is 1. The van der Waals surface area contributed by atoms with Gasteiger partial charge in [-0.1, -0.05) is 41.5 Å². The van der Waals surface area contributed by atoms with Gasteiger partial charge >= 0.3 is 5.97 Å². The summed E-state index contributed by atoms with van der Waals surface area (Å²) in [5.41, 5.74) is 3.21. The molecule has 1 aromatic carbocycles. The van der Waals surface area contributed by atoms with E-state index in [1.54, 1.807) is 0 Å². The molecule has 0 bridgehead atoms. The highest BCUT2D eigenvalue weighted by atomic mass is 32.1. The van der Waals surface area contributed by atoms with Gasteiger partial charge in [0.2, 0.25) is 0 Å². The number of thiazole rings is 1. The van der Waals surface area contributed by atoms with E-state index >= 15 is 0 Å². The van der Waals surface area contributed by atoms with E-state index in [4.69, 9.17) is 5.11 Å². The quantitative estimate of drug-likeness (QED) is 0.792.